The van der Waals surface area contributed by atoms with Crippen LogP contribution in [0.2, 0.25) is 0 Å². The highest BCUT2D eigenvalue weighted by atomic mass is 32.1. The molecule has 1 aromatic carbocycles. The summed E-state index contributed by atoms with van der Waals surface area (Å²) in [5.74, 6) is 1.05. The van der Waals surface area contributed by atoms with Crippen LogP contribution in [0.3, 0.4) is 0 Å². The summed E-state index contributed by atoms with van der Waals surface area (Å²) in [6.45, 7) is 5.55. The highest BCUT2D eigenvalue weighted by Gasteiger charge is 2.27. The SMILES string of the molecule is CCC1CCCN1C(=O)Cc1csc(COc2ccc(C)cc2)n1. The summed E-state index contributed by atoms with van der Waals surface area (Å²) in [7, 11) is 0. The molecule has 1 aliphatic heterocycles. The third kappa shape index (κ3) is 4.15. The van der Waals surface area contributed by atoms with Gasteiger partial charge in [0, 0.05) is 18.0 Å². The maximum atomic E-state index is 12.5. The van der Waals surface area contributed by atoms with Crippen LogP contribution < -0.4 is 4.74 Å². The van der Waals surface area contributed by atoms with Gasteiger partial charge in [0.2, 0.25) is 5.91 Å². The number of carbonyl (C=O) groups excluding carboxylic acids is 1. The Balaban J connectivity index is 1.53. The normalized spacial score (nSPS) is 17.2. The highest BCUT2D eigenvalue weighted by molar-refractivity contribution is 7.09. The molecule has 1 amide bonds. The zero-order valence-electron chi connectivity index (χ0n) is 14.3. The van der Waals surface area contributed by atoms with E-state index in [1.165, 1.54) is 5.56 Å². The summed E-state index contributed by atoms with van der Waals surface area (Å²) in [5.41, 5.74) is 2.07. The van der Waals surface area contributed by atoms with Crippen molar-refractivity contribution in [3.63, 3.8) is 0 Å². The molecule has 5 heteroatoms. The minimum absolute atomic E-state index is 0.204. The van der Waals surface area contributed by atoms with Crippen molar-refractivity contribution in [2.45, 2.75) is 52.2 Å². The van der Waals surface area contributed by atoms with E-state index in [4.69, 9.17) is 4.74 Å². The Morgan fingerprint density at radius 2 is 2.17 bits per heavy atom. The van der Waals surface area contributed by atoms with Gasteiger partial charge in [0.25, 0.3) is 0 Å². The van der Waals surface area contributed by atoms with E-state index in [0.29, 0.717) is 19.1 Å². The molecule has 1 aromatic heterocycles. The van der Waals surface area contributed by atoms with Crippen LogP contribution in [0.15, 0.2) is 29.6 Å². The van der Waals surface area contributed by atoms with Crippen molar-refractivity contribution in [3.05, 3.63) is 45.9 Å². The molecular formula is C19H24N2O2S. The van der Waals surface area contributed by atoms with Crippen LogP contribution in [0, 0.1) is 6.92 Å². The second-order valence-electron chi connectivity index (χ2n) is 6.30. The molecule has 2 aromatic rings. The first-order valence-corrected chi connectivity index (χ1v) is 9.46. The Morgan fingerprint density at radius 3 is 2.92 bits per heavy atom. The number of hydrogen-bond donors (Lipinski definition) is 0. The minimum atomic E-state index is 0.204. The molecule has 0 N–H and O–H groups in total. The molecule has 1 saturated heterocycles. The van der Waals surface area contributed by atoms with E-state index in [9.17, 15) is 4.79 Å². The fourth-order valence-corrected chi connectivity index (χ4v) is 3.83. The molecule has 4 nitrogen and oxygen atoms in total. The summed E-state index contributed by atoms with van der Waals surface area (Å²) in [6.07, 6.45) is 3.70. The third-order valence-corrected chi connectivity index (χ3v) is 5.35. The van der Waals surface area contributed by atoms with Gasteiger partial charge < -0.3 is 9.64 Å². The second kappa shape index (κ2) is 7.79. The number of ether oxygens (including phenoxy) is 1. The van der Waals surface area contributed by atoms with Crippen LogP contribution in [0.25, 0.3) is 0 Å². The lowest BCUT2D eigenvalue weighted by atomic mass is 10.1. The van der Waals surface area contributed by atoms with Crippen molar-refractivity contribution < 1.29 is 9.53 Å². The molecule has 24 heavy (non-hydrogen) atoms. The van der Waals surface area contributed by atoms with Crippen molar-refractivity contribution in [2.24, 2.45) is 0 Å². The molecule has 1 aliphatic rings. The van der Waals surface area contributed by atoms with Crippen molar-refractivity contribution in [1.82, 2.24) is 9.88 Å². The fraction of sp³-hybridized carbons (Fsp3) is 0.474. The number of likely N-dealkylation sites (tertiary alicyclic amines) is 1. The summed E-state index contributed by atoms with van der Waals surface area (Å²) < 4.78 is 5.75. The molecule has 128 valence electrons. The van der Waals surface area contributed by atoms with Gasteiger partial charge >= 0.3 is 0 Å². The lowest BCUT2D eigenvalue weighted by Crippen LogP contribution is -2.36. The molecule has 0 bridgehead atoms. The van der Waals surface area contributed by atoms with E-state index in [-0.39, 0.29) is 5.91 Å². The van der Waals surface area contributed by atoms with Gasteiger partial charge in [-0.3, -0.25) is 4.79 Å². The lowest BCUT2D eigenvalue weighted by molar-refractivity contribution is -0.131. The predicted molar refractivity (Wildman–Crippen MR) is 96.4 cm³/mol. The predicted octanol–water partition coefficient (Wildman–Crippen LogP) is 3.97. The molecule has 1 atom stereocenters. The molecule has 3 rings (SSSR count). The number of rotatable bonds is 6. The number of nitrogens with zero attached hydrogens (tertiary/aromatic N) is 2. The number of benzene rings is 1. The van der Waals surface area contributed by atoms with Crippen molar-refractivity contribution in [2.75, 3.05) is 6.54 Å². The van der Waals surface area contributed by atoms with E-state index in [2.05, 4.69) is 18.8 Å². The number of carbonyl (C=O) groups is 1. The second-order valence-corrected chi connectivity index (χ2v) is 7.25. The van der Waals surface area contributed by atoms with E-state index in [1.54, 1.807) is 11.3 Å². The number of aryl methyl sites for hydroxylation is 1. The maximum absolute atomic E-state index is 12.5. The molecular weight excluding hydrogens is 320 g/mol. The Labute approximate surface area is 147 Å². The Kier molecular flexibility index (Phi) is 5.51. The number of thiazole rings is 1. The maximum Gasteiger partial charge on any atom is 0.228 e. The summed E-state index contributed by atoms with van der Waals surface area (Å²) in [6, 6.07) is 8.40. The Morgan fingerprint density at radius 1 is 1.38 bits per heavy atom. The van der Waals surface area contributed by atoms with E-state index >= 15 is 0 Å². The minimum Gasteiger partial charge on any atom is -0.486 e. The molecule has 2 heterocycles. The van der Waals surface area contributed by atoms with Gasteiger partial charge in [0.15, 0.2) is 0 Å². The van der Waals surface area contributed by atoms with Crippen molar-refractivity contribution in [3.8, 4) is 5.75 Å². The van der Waals surface area contributed by atoms with E-state index in [0.717, 1.165) is 42.3 Å². The molecule has 1 unspecified atom stereocenters. The monoisotopic (exact) mass is 344 g/mol. The van der Waals surface area contributed by atoms with Gasteiger partial charge in [-0.15, -0.1) is 11.3 Å². The topological polar surface area (TPSA) is 42.4 Å². The number of aromatic nitrogens is 1. The van der Waals surface area contributed by atoms with Crippen LogP contribution in [0.1, 0.15) is 42.5 Å². The van der Waals surface area contributed by atoms with Crippen molar-refractivity contribution in [1.29, 1.82) is 0 Å². The van der Waals surface area contributed by atoms with Gasteiger partial charge in [0.05, 0.1) is 12.1 Å². The van der Waals surface area contributed by atoms with Gasteiger partial charge in [-0.25, -0.2) is 4.98 Å². The number of amides is 1. The van der Waals surface area contributed by atoms with Crippen LogP contribution >= 0.6 is 11.3 Å². The summed E-state index contributed by atoms with van der Waals surface area (Å²) in [5, 5.41) is 2.88. The molecule has 0 aliphatic carbocycles. The first-order chi connectivity index (χ1) is 11.7. The summed E-state index contributed by atoms with van der Waals surface area (Å²) in [4.78, 5) is 19.0. The molecule has 0 spiro atoms. The molecule has 0 saturated carbocycles. The zero-order valence-corrected chi connectivity index (χ0v) is 15.1. The van der Waals surface area contributed by atoms with Crippen LogP contribution in [-0.2, 0) is 17.8 Å². The van der Waals surface area contributed by atoms with Gasteiger partial charge in [-0.1, -0.05) is 24.6 Å². The van der Waals surface area contributed by atoms with E-state index in [1.807, 2.05) is 34.5 Å². The smallest absolute Gasteiger partial charge is 0.228 e. The van der Waals surface area contributed by atoms with Gasteiger partial charge in [-0.2, -0.15) is 0 Å². The Bertz CT molecular complexity index is 681. The Hall–Kier alpha value is -1.88. The number of hydrogen-bond acceptors (Lipinski definition) is 4. The van der Waals surface area contributed by atoms with Crippen LogP contribution in [-0.4, -0.2) is 28.4 Å². The van der Waals surface area contributed by atoms with Crippen molar-refractivity contribution >= 4 is 17.2 Å². The fourth-order valence-electron chi connectivity index (χ4n) is 3.12. The summed E-state index contributed by atoms with van der Waals surface area (Å²) >= 11 is 1.56. The first kappa shape index (κ1) is 17.0. The quantitative estimate of drug-likeness (QED) is 0.796. The average molecular weight is 344 g/mol. The van der Waals surface area contributed by atoms with Crippen LogP contribution in [0.5, 0.6) is 5.75 Å². The molecule has 0 radical (unpaired) electrons. The van der Waals surface area contributed by atoms with Gasteiger partial charge in [0.1, 0.15) is 17.4 Å². The lowest BCUT2D eigenvalue weighted by Gasteiger charge is -2.23. The standard InChI is InChI=1S/C19H24N2O2S/c1-3-16-5-4-10-21(16)19(22)11-15-13-24-18(20-15)12-23-17-8-6-14(2)7-9-17/h6-9,13,16H,3-5,10-12H2,1-2H3. The highest BCUT2D eigenvalue weighted by Crippen LogP contribution is 2.22. The van der Waals surface area contributed by atoms with Crippen LogP contribution in [0.4, 0.5) is 0 Å². The first-order valence-electron chi connectivity index (χ1n) is 8.58. The molecule has 1 fully saturated rings. The van der Waals surface area contributed by atoms with Gasteiger partial charge in [-0.05, 0) is 38.3 Å². The zero-order chi connectivity index (χ0) is 16.9. The van der Waals surface area contributed by atoms with E-state index < -0.39 is 0 Å². The average Bonchev–Trinajstić information content (AvgIpc) is 3.23. The largest absolute Gasteiger partial charge is 0.486 e. The third-order valence-electron chi connectivity index (χ3n) is 4.48.